The maximum atomic E-state index is 13.3. The van der Waals surface area contributed by atoms with Gasteiger partial charge in [-0.3, -0.25) is 24.5 Å². The number of benzene rings is 4. The monoisotopic (exact) mass is 649 g/mol. The predicted octanol–water partition coefficient (Wildman–Crippen LogP) is 7.25. The molecule has 0 aliphatic carbocycles. The first kappa shape index (κ1) is 31.8. The van der Waals surface area contributed by atoms with Crippen LogP contribution in [0.5, 0.6) is 0 Å². The molecule has 46 heavy (non-hydrogen) atoms. The van der Waals surface area contributed by atoms with Gasteiger partial charge in [0.05, 0.1) is 15.9 Å². The number of hydrogen-bond donors (Lipinski definition) is 3. The fourth-order valence-electron chi connectivity index (χ4n) is 4.15. The minimum absolute atomic E-state index is 0.0518. The summed E-state index contributed by atoms with van der Waals surface area (Å²) >= 11 is 2.72. The number of nitro groups is 1. The number of carbonyl (C=O) groups excluding carboxylic acids is 3. The van der Waals surface area contributed by atoms with Gasteiger partial charge >= 0.3 is 0 Å². The van der Waals surface area contributed by atoms with E-state index in [9.17, 15) is 24.5 Å². The van der Waals surface area contributed by atoms with Crippen molar-refractivity contribution in [3.8, 4) is 11.3 Å². The zero-order valence-electron chi connectivity index (χ0n) is 24.4. The predicted molar refractivity (Wildman–Crippen MR) is 182 cm³/mol. The molecule has 10 nitrogen and oxygen atoms in total. The Labute approximate surface area is 272 Å². The molecule has 0 spiro atoms. The molecular formula is C34H27N5O5S2. The summed E-state index contributed by atoms with van der Waals surface area (Å²) < 4.78 is 0. The molecule has 3 amide bonds. The quantitative estimate of drug-likeness (QED) is 0.0592. The third-order valence-electron chi connectivity index (χ3n) is 6.54. The van der Waals surface area contributed by atoms with Crippen molar-refractivity contribution < 1.29 is 19.3 Å². The summed E-state index contributed by atoms with van der Waals surface area (Å²) in [4.78, 5) is 54.9. The lowest BCUT2D eigenvalue weighted by Crippen LogP contribution is -2.30. The molecule has 230 valence electrons. The van der Waals surface area contributed by atoms with Gasteiger partial charge in [0.25, 0.3) is 17.5 Å². The number of nitrogens with one attached hydrogen (secondary N) is 3. The maximum Gasteiger partial charge on any atom is 0.272 e. The van der Waals surface area contributed by atoms with Crippen LogP contribution in [0.1, 0.15) is 22.8 Å². The van der Waals surface area contributed by atoms with Crippen molar-refractivity contribution in [1.29, 1.82) is 0 Å². The Morgan fingerprint density at radius 1 is 0.870 bits per heavy atom. The van der Waals surface area contributed by atoms with E-state index < -0.39 is 22.0 Å². The van der Waals surface area contributed by atoms with E-state index in [0.717, 1.165) is 16.2 Å². The van der Waals surface area contributed by atoms with E-state index in [1.807, 2.05) is 35.7 Å². The first-order valence-electron chi connectivity index (χ1n) is 14.0. The Kier molecular flexibility index (Phi) is 10.3. The Hall–Kier alpha value is -5.59. The average molecular weight is 650 g/mol. The van der Waals surface area contributed by atoms with Gasteiger partial charge < -0.3 is 16.0 Å². The molecule has 0 saturated heterocycles. The maximum absolute atomic E-state index is 13.3. The van der Waals surface area contributed by atoms with Crippen molar-refractivity contribution in [3.05, 3.63) is 142 Å². The second kappa shape index (κ2) is 14.9. The molecular weight excluding hydrogens is 623 g/mol. The topological polar surface area (TPSA) is 143 Å². The Balaban J connectivity index is 1.23. The Bertz CT molecular complexity index is 1880. The molecule has 1 atom stereocenters. The van der Waals surface area contributed by atoms with Gasteiger partial charge in [0.15, 0.2) is 5.13 Å². The number of nitro benzene ring substituents is 1. The van der Waals surface area contributed by atoms with Gasteiger partial charge in [-0.25, -0.2) is 4.98 Å². The number of non-ortho nitro benzene ring substituents is 1. The van der Waals surface area contributed by atoms with Gasteiger partial charge in [-0.1, -0.05) is 48.5 Å². The lowest BCUT2D eigenvalue weighted by molar-refractivity contribution is -0.384. The summed E-state index contributed by atoms with van der Waals surface area (Å²) in [6.45, 7) is 1.80. The number of carbonyl (C=O) groups is 3. The number of thiazole rings is 1. The van der Waals surface area contributed by atoms with Crippen molar-refractivity contribution in [2.45, 2.75) is 17.1 Å². The molecule has 0 bridgehead atoms. The van der Waals surface area contributed by atoms with E-state index in [-0.39, 0.29) is 17.3 Å². The fourth-order valence-corrected chi connectivity index (χ4v) is 5.74. The summed E-state index contributed by atoms with van der Waals surface area (Å²) in [6, 6.07) is 30.7. The number of anilines is 2. The molecule has 0 aliphatic heterocycles. The molecule has 3 N–H and O–H groups in total. The van der Waals surface area contributed by atoms with Crippen molar-refractivity contribution in [2.24, 2.45) is 0 Å². The lowest BCUT2D eigenvalue weighted by Gasteiger charge is -2.13. The van der Waals surface area contributed by atoms with Crippen LogP contribution in [-0.4, -0.2) is 32.9 Å². The summed E-state index contributed by atoms with van der Waals surface area (Å²) in [5.41, 5.74) is 2.93. The van der Waals surface area contributed by atoms with Gasteiger partial charge in [-0.05, 0) is 67.1 Å². The second-order valence-corrected chi connectivity index (χ2v) is 12.1. The van der Waals surface area contributed by atoms with Gasteiger partial charge in [-0.2, -0.15) is 0 Å². The number of aromatic nitrogens is 1. The smallest absolute Gasteiger partial charge is 0.272 e. The molecule has 1 heterocycles. The molecule has 12 heteroatoms. The highest BCUT2D eigenvalue weighted by Crippen LogP contribution is 2.28. The first-order valence-corrected chi connectivity index (χ1v) is 15.7. The summed E-state index contributed by atoms with van der Waals surface area (Å²) in [6.07, 6.45) is 1.44. The van der Waals surface area contributed by atoms with Crippen LogP contribution in [0.4, 0.5) is 16.5 Å². The SMILES string of the molecule is CC(Sc1ccc(NC(=O)/C(=C/c2ccc([N+](=O)[O-])cc2)NC(=O)c2ccccc2)cc1)C(=O)Nc1nc(-c2ccccc2)cs1. The van der Waals surface area contributed by atoms with Crippen LogP contribution in [0.15, 0.2) is 125 Å². The van der Waals surface area contributed by atoms with Crippen LogP contribution < -0.4 is 16.0 Å². The standard InChI is InChI=1S/C34H27N5O5S2/c1-22(31(40)38-34-37-30(21-45-34)24-8-4-2-5-9-24)46-28-18-14-26(15-19-28)35-33(42)29(36-32(41)25-10-6-3-7-11-25)20-23-12-16-27(17-13-23)39(43)44/h2-22H,1H3,(H,35,42)(H,36,41)(H,37,38,40)/b29-20-. The van der Waals surface area contributed by atoms with Crippen LogP contribution in [0.2, 0.25) is 0 Å². The number of rotatable bonds is 11. The van der Waals surface area contributed by atoms with Gasteiger partial charge in [0.1, 0.15) is 5.70 Å². The zero-order valence-corrected chi connectivity index (χ0v) is 26.0. The molecule has 0 radical (unpaired) electrons. The molecule has 1 aromatic heterocycles. The van der Waals surface area contributed by atoms with E-state index >= 15 is 0 Å². The lowest BCUT2D eigenvalue weighted by atomic mass is 10.1. The van der Waals surface area contributed by atoms with E-state index in [0.29, 0.717) is 21.9 Å². The third kappa shape index (κ3) is 8.52. The number of nitrogens with zero attached hydrogens (tertiary/aromatic N) is 2. The number of amides is 3. The molecule has 5 rings (SSSR count). The molecule has 0 saturated carbocycles. The minimum Gasteiger partial charge on any atom is -0.321 e. The largest absolute Gasteiger partial charge is 0.321 e. The van der Waals surface area contributed by atoms with E-state index in [1.165, 1.54) is 53.4 Å². The Morgan fingerprint density at radius 3 is 2.17 bits per heavy atom. The molecule has 0 fully saturated rings. The molecule has 0 aliphatic rings. The molecule has 4 aromatic carbocycles. The van der Waals surface area contributed by atoms with E-state index in [1.54, 1.807) is 61.5 Å². The highest BCUT2D eigenvalue weighted by Gasteiger charge is 2.18. The summed E-state index contributed by atoms with van der Waals surface area (Å²) in [5.74, 6) is -1.27. The van der Waals surface area contributed by atoms with Crippen LogP contribution in [-0.2, 0) is 9.59 Å². The van der Waals surface area contributed by atoms with Gasteiger partial charge in [-0.15, -0.1) is 23.1 Å². The van der Waals surface area contributed by atoms with Crippen molar-refractivity contribution in [3.63, 3.8) is 0 Å². The minimum atomic E-state index is -0.589. The zero-order chi connectivity index (χ0) is 32.5. The normalized spacial score (nSPS) is 11.7. The summed E-state index contributed by atoms with van der Waals surface area (Å²) in [7, 11) is 0. The van der Waals surface area contributed by atoms with Crippen LogP contribution >= 0.6 is 23.1 Å². The van der Waals surface area contributed by atoms with Crippen LogP contribution in [0.3, 0.4) is 0 Å². The van der Waals surface area contributed by atoms with E-state index in [2.05, 4.69) is 20.9 Å². The number of hydrogen-bond acceptors (Lipinski definition) is 8. The molecule has 5 aromatic rings. The first-order chi connectivity index (χ1) is 22.2. The van der Waals surface area contributed by atoms with Crippen molar-refractivity contribution >= 4 is 63.4 Å². The van der Waals surface area contributed by atoms with Crippen LogP contribution in [0, 0.1) is 10.1 Å². The van der Waals surface area contributed by atoms with Crippen molar-refractivity contribution in [1.82, 2.24) is 10.3 Å². The van der Waals surface area contributed by atoms with Gasteiger partial charge in [0.2, 0.25) is 5.91 Å². The second-order valence-electron chi connectivity index (χ2n) is 9.86. The van der Waals surface area contributed by atoms with Crippen molar-refractivity contribution in [2.75, 3.05) is 10.6 Å². The van der Waals surface area contributed by atoms with E-state index in [4.69, 9.17) is 0 Å². The van der Waals surface area contributed by atoms with Crippen LogP contribution in [0.25, 0.3) is 17.3 Å². The fraction of sp³-hybridized carbons (Fsp3) is 0.0588. The highest BCUT2D eigenvalue weighted by atomic mass is 32.2. The molecule has 1 unspecified atom stereocenters. The highest BCUT2D eigenvalue weighted by molar-refractivity contribution is 8.00. The summed E-state index contributed by atoms with van der Waals surface area (Å²) in [5, 5.41) is 21.3. The number of thioether (sulfide) groups is 1. The Morgan fingerprint density at radius 2 is 1.52 bits per heavy atom. The average Bonchev–Trinajstić information content (AvgIpc) is 3.54. The van der Waals surface area contributed by atoms with Gasteiger partial charge in [0, 0.05) is 39.2 Å². The third-order valence-corrected chi connectivity index (χ3v) is 8.41.